The maximum atomic E-state index is 13.4. The number of halogens is 3. The number of carbonyl (C=O) groups is 1. The predicted molar refractivity (Wildman–Crippen MR) is 77.4 cm³/mol. The van der Waals surface area contributed by atoms with Gasteiger partial charge in [-0.3, -0.25) is 4.79 Å². The van der Waals surface area contributed by atoms with Crippen LogP contribution in [-0.4, -0.2) is 11.9 Å². The Morgan fingerprint density at radius 3 is 2.67 bits per heavy atom. The molecule has 1 atom stereocenters. The summed E-state index contributed by atoms with van der Waals surface area (Å²) in [4.78, 5) is 11.7. The molecule has 0 aliphatic carbocycles. The zero-order chi connectivity index (χ0) is 13.0. The van der Waals surface area contributed by atoms with Gasteiger partial charge in [-0.2, -0.15) is 0 Å². The first-order valence-corrected chi connectivity index (χ1v) is 6.21. The number of benzene rings is 1. The summed E-state index contributed by atoms with van der Waals surface area (Å²) in [7, 11) is 0. The monoisotopic (exact) mass is 338 g/mol. The molecule has 0 aliphatic rings. The van der Waals surface area contributed by atoms with Crippen LogP contribution in [0.4, 0.5) is 10.1 Å². The number of amides is 1. The van der Waals surface area contributed by atoms with Crippen LogP contribution in [0.1, 0.15) is 20.3 Å². The lowest BCUT2D eigenvalue weighted by Gasteiger charge is -2.14. The molecule has 0 fully saturated rings. The van der Waals surface area contributed by atoms with Gasteiger partial charge >= 0.3 is 0 Å². The third-order valence-corrected chi connectivity index (χ3v) is 2.74. The molecular formula is C12H17BrClFN2O. The van der Waals surface area contributed by atoms with E-state index in [0.29, 0.717) is 16.8 Å². The summed E-state index contributed by atoms with van der Waals surface area (Å²) in [6, 6.07) is 3.75. The molecule has 0 unspecified atom stereocenters. The highest BCUT2D eigenvalue weighted by Gasteiger charge is 2.16. The van der Waals surface area contributed by atoms with E-state index in [1.165, 1.54) is 12.1 Å². The number of rotatable bonds is 4. The second kappa shape index (κ2) is 7.71. The van der Waals surface area contributed by atoms with Crippen molar-refractivity contribution in [1.29, 1.82) is 0 Å². The standard InChI is InChI=1S/C12H16BrFN2O.ClH/c1-7(2)5-10(15)12(17)16-11-6-8(13)3-4-9(11)14;/h3-4,6-7,10H,5,15H2,1-2H3,(H,16,17);1H/t10-;/m0./s1. The van der Waals surface area contributed by atoms with E-state index >= 15 is 0 Å². The van der Waals surface area contributed by atoms with Crippen LogP contribution in [0.15, 0.2) is 22.7 Å². The van der Waals surface area contributed by atoms with Gasteiger partial charge in [0.25, 0.3) is 0 Å². The average Bonchev–Trinajstić information content (AvgIpc) is 2.22. The Morgan fingerprint density at radius 2 is 2.11 bits per heavy atom. The third-order valence-electron chi connectivity index (χ3n) is 2.25. The van der Waals surface area contributed by atoms with E-state index in [2.05, 4.69) is 21.2 Å². The second-order valence-electron chi connectivity index (χ2n) is 4.35. The van der Waals surface area contributed by atoms with E-state index in [1.54, 1.807) is 6.07 Å². The van der Waals surface area contributed by atoms with Crippen molar-refractivity contribution in [2.75, 3.05) is 5.32 Å². The predicted octanol–water partition coefficient (Wildman–Crippen LogP) is 3.32. The Kier molecular flexibility index (Phi) is 7.43. The maximum Gasteiger partial charge on any atom is 0.241 e. The molecule has 3 N–H and O–H groups in total. The Labute approximate surface area is 121 Å². The van der Waals surface area contributed by atoms with Crippen LogP contribution < -0.4 is 11.1 Å². The second-order valence-corrected chi connectivity index (χ2v) is 5.27. The molecule has 0 bridgehead atoms. The minimum atomic E-state index is -0.617. The topological polar surface area (TPSA) is 55.1 Å². The lowest BCUT2D eigenvalue weighted by Crippen LogP contribution is -2.36. The van der Waals surface area contributed by atoms with Gasteiger partial charge in [0.1, 0.15) is 5.82 Å². The first kappa shape index (κ1) is 17.4. The lowest BCUT2D eigenvalue weighted by molar-refractivity contribution is -0.117. The Hall–Kier alpha value is -0.650. The van der Waals surface area contributed by atoms with Crippen LogP contribution in [0, 0.1) is 11.7 Å². The third kappa shape index (κ3) is 5.33. The molecule has 102 valence electrons. The van der Waals surface area contributed by atoms with Gasteiger partial charge in [0.15, 0.2) is 0 Å². The summed E-state index contributed by atoms with van der Waals surface area (Å²) in [5.74, 6) is -0.517. The molecule has 0 saturated carbocycles. The molecule has 6 heteroatoms. The first-order chi connectivity index (χ1) is 7.90. The van der Waals surface area contributed by atoms with Gasteiger partial charge in [0.2, 0.25) is 5.91 Å². The smallest absolute Gasteiger partial charge is 0.241 e. The van der Waals surface area contributed by atoms with E-state index in [-0.39, 0.29) is 24.0 Å². The van der Waals surface area contributed by atoms with Crippen molar-refractivity contribution in [2.24, 2.45) is 11.7 Å². The number of anilines is 1. The highest BCUT2D eigenvalue weighted by molar-refractivity contribution is 9.10. The van der Waals surface area contributed by atoms with E-state index in [1.807, 2.05) is 13.8 Å². The van der Waals surface area contributed by atoms with Gasteiger partial charge in [-0.05, 0) is 30.5 Å². The van der Waals surface area contributed by atoms with Crippen molar-refractivity contribution >= 4 is 39.9 Å². The van der Waals surface area contributed by atoms with Crippen molar-refractivity contribution in [3.8, 4) is 0 Å². The molecule has 3 nitrogen and oxygen atoms in total. The summed E-state index contributed by atoms with van der Waals surface area (Å²) in [6.45, 7) is 3.96. The van der Waals surface area contributed by atoms with Gasteiger partial charge in [0, 0.05) is 4.47 Å². The fourth-order valence-corrected chi connectivity index (χ4v) is 1.79. The molecule has 1 rings (SSSR count). The van der Waals surface area contributed by atoms with E-state index < -0.39 is 11.9 Å². The molecule has 1 amide bonds. The van der Waals surface area contributed by atoms with Crippen molar-refractivity contribution in [2.45, 2.75) is 26.3 Å². The number of carbonyl (C=O) groups excluding carboxylic acids is 1. The van der Waals surface area contributed by atoms with Crippen LogP contribution in [0.3, 0.4) is 0 Å². The maximum absolute atomic E-state index is 13.4. The summed E-state index contributed by atoms with van der Waals surface area (Å²) in [5, 5.41) is 2.49. The number of nitrogens with one attached hydrogen (secondary N) is 1. The molecule has 0 heterocycles. The van der Waals surface area contributed by atoms with Gasteiger partial charge in [-0.15, -0.1) is 12.4 Å². The molecular weight excluding hydrogens is 322 g/mol. The quantitative estimate of drug-likeness (QED) is 0.884. The van der Waals surface area contributed by atoms with Crippen LogP contribution in [0.25, 0.3) is 0 Å². The zero-order valence-corrected chi connectivity index (χ0v) is 12.6. The molecule has 18 heavy (non-hydrogen) atoms. The fourth-order valence-electron chi connectivity index (χ4n) is 1.43. The Balaban J connectivity index is 0.00000289. The lowest BCUT2D eigenvalue weighted by atomic mass is 10.0. The average molecular weight is 340 g/mol. The van der Waals surface area contributed by atoms with Crippen molar-refractivity contribution in [3.05, 3.63) is 28.5 Å². The van der Waals surface area contributed by atoms with Gasteiger partial charge in [0.05, 0.1) is 11.7 Å². The van der Waals surface area contributed by atoms with Gasteiger partial charge < -0.3 is 11.1 Å². The highest BCUT2D eigenvalue weighted by Crippen LogP contribution is 2.20. The molecule has 0 saturated heterocycles. The SMILES string of the molecule is CC(C)C[C@H](N)C(=O)Nc1cc(Br)ccc1F.Cl. The van der Waals surface area contributed by atoms with Gasteiger partial charge in [-0.1, -0.05) is 29.8 Å². The van der Waals surface area contributed by atoms with Crippen molar-refractivity contribution in [1.82, 2.24) is 0 Å². The highest BCUT2D eigenvalue weighted by atomic mass is 79.9. The first-order valence-electron chi connectivity index (χ1n) is 5.41. The Morgan fingerprint density at radius 1 is 1.50 bits per heavy atom. The van der Waals surface area contributed by atoms with Crippen molar-refractivity contribution < 1.29 is 9.18 Å². The molecule has 1 aromatic carbocycles. The Bertz CT molecular complexity index is 415. The fraction of sp³-hybridized carbons (Fsp3) is 0.417. The molecule has 0 spiro atoms. The zero-order valence-electron chi connectivity index (χ0n) is 10.2. The molecule has 0 radical (unpaired) electrons. The van der Waals surface area contributed by atoms with Crippen LogP contribution in [0.2, 0.25) is 0 Å². The summed E-state index contributed by atoms with van der Waals surface area (Å²) < 4.78 is 14.1. The van der Waals surface area contributed by atoms with E-state index in [9.17, 15) is 9.18 Å². The van der Waals surface area contributed by atoms with E-state index in [0.717, 1.165) is 0 Å². The number of hydrogen-bond donors (Lipinski definition) is 2. The number of nitrogens with two attached hydrogens (primary N) is 1. The molecule has 0 aliphatic heterocycles. The van der Waals surface area contributed by atoms with Crippen molar-refractivity contribution in [3.63, 3.8) is 0 Å². The van der Waals surface area contributed by atoms with E-state index in [4.69, 9.17) is 5.73 Å². The summed E-state index contributed by atoms with van der Waals surface area (Å²) >= 11 is 3.21. The summed E-state index contributed by atoms with van der Waals surface area (Å²) in [6.07, 6.45) is 0.571. The molecule has 1 aromatic rings. The van der Waals surface area contributed by atoms with Gasteiger partial charge in [-0.25, -0.2) is 4.39 Å². The number of hydrogen-bond acceptors (Lipinski definition) is 2. The van der Waals surface area contributed by atoms with Crippen LogP contribution in [0.5, 0.6) is 0 Å². The van der Waals surface area contributed by atoms with Crippen LogP contribution >= 0.6 is 28.3 Å². The summed E-state index contributed by atoms with van der Waals surface area (Å²) in [5.41, 5.74) is 5.85. The minimum absolute atomic E-state index is 0. The largest absolute Gasteiger partial charge is 0.322 e. The minimum Gasteiger partial charge on any atom is -0.322 e. The molecule has 0 aromatic heterocycles. The van der Waals surface area contributed by atoms with Crippen LogP contribution in [-0.2, 0) is 4.79 Å². The normalized spacial score (nSPS) is 11.9.